The minimum atomic E-state index is 0.327. The number of aryl methyl sites for hydroxylation is 1. The van der Waals surface area contributed by atoms with Gasteiger partial charge in [0, 0.05) is 23.8 Å². The summed E-state index contributed by atoms with van der Waals surface area (Å²) in [7, 11) is 3.68. The fourth-order valence-electron chi connectivity index (χ4n) is 1.93. The van der Waals surface area contributed by atoms with E-state index in [1.54, 1.807) is 18.9 Å². The average Bonchev–Trinajstić information content (AvgIpc) is 2.99. The molecular weight excluding hydrogens is 302 g/mol. The first kappa shape index (κ1) is 16.3. The van der Waals surface area contributed by atoms with Crippen LogP contribution in [0.25, 0.3) is 0 Å². The van der Waals surface area contributed by atoms with Gasteiger partial charge in [-0.2, -0.15) is 4.37 Å². The van der Waals surface area contributed by atoms with Gasteiger partial charge < -0.3 is 10.1 Å². The molecule has 0 amide bonds. The number of rotatable bonds is 7. The maximum Gasteiger partial charge on any atom is 0.170 e. The molecule has 2 rings (SSSR count). The van der Waals surface area contributed by atoms with Crippen LogP contribution >= 0.6 is 23.3 Å². The van der Waals surface area contributed by atoms with Crippen LogP contribution in [-0.2, 0) is 12.2 Å². The third-order valence-corrected chi connectivity index (χ3v) is 5.27. The molecule has 21 heavy (non-hydrogen) atoms. The number of ether oxygens (including phenoxy) is 1. The van der Waals surface area contributed by atoms with Crippen LogP contribution < -0.4 is 10.1 Å². The van der Waals surface area contributed by atoms with Crippen molar-refractivity contribution < 1.29 is 4.74 Å². The van der Waals surface area contributed by atoms with Crippen molar-refractivity contribution in [1.82, 2.24) is 14.7 Å². The highest BCUT2D eigenvalue weighted by molar-refractivity contribution is 8.00. The van der Waals surface area contributed by atoms with E-state index in [1.165, 1.54) is 22.7 Å². The predicted octanol–water partition coefficient (Wildman–Crippen LogP) is 3.68. The molecule has 1 aromatic heterocycles. The van der Waals surface area contributed by atoms with E-state index in [4.69, 9.17) is 4.74 Å². The van der Waals surface area contributed by atoms with Gasteiger partial charge in [0.2, 0.25) is 0 Å². The van der Waals surface area contributed by atoms with Gasteiger partial charge in [-0.3, -0.25) is 0 Å². The van der Waals surface area contributed by atoms with Crippen molar-refractivity contribution in [3.63, 3.8) is 0 Å². The van der Waals surface area contributed by atoms with Crippen LogP contribution in [0, 0.1) is 0 Å². The Kier molecular flexibility index (Phi) is 6.02. The smallest absolute Gasteiger partial charge is 0.170 e. The Morgan fingerprint density at radius 1 is 1.43 bits per heavy atom. The van der Waals surface area contributed by atoms with Crippen molar-refractivity contribution in [3.8, 4) is 5.75 Å². The van der Waals surface area contributed by atoms with E-state index < -0.39 is 0 Å². The highest BCUT2D eigenvalue weighted by Gasteiger charge is 2.10. The monoisotopic (exact) mass is 323 g/mol. The lowest BCUT2D eigenvalue weighted by molar-refractivity contribution is 0.411. The van der Waals surface area contributed by atoms with E-state index >= 15 is 0 Å². The molecule has 0 saturated heterocycles. The summed E-state index contributed by atoms with van der Waals surface area (Å²) in [6, 6.07) is 6.67. The summed E-state index contributed by atoms with van der Waals surface area (Å²) in [4.78, 5) is 4.49. The molecule has 0 fully saturated rings. The molecule has 1 N–H and O–H groups in total. The molecule has 1 aromatic carbocycles. The van der Waals surface area contributed by atoms with Gasteiger partial charge in [-0.25, -0.2) is 4.98 Å². The number of nitrogens with zero attached hydrogens (tertiary/aromatic N) is 2. The molecule has 0 spiro atoms. The molecule has 114 valence electrons. The van der Waals surface area contributed by atoms with Crippen molar-refractivity contribution in [2.45, 2.75) is 36.4 Å². The third-order valence-electron chi connectivity index (χ3n) is 3.35. The van der Waals surface area contributed by atoms with E-state index in [-0.39, 0.29) is 0 Å². The Labute approximate surface area is 134 Å². The first-order valence-electron chi connectivity index (χ1n) is 6.97. The lowest BCUT2D eigenvalue weighted by atomic mass is 10.1. The molecule has 1 unspecified atom stereocenters. The van der Waals surface area contributed by atoms with E-state index in [0.717, 1.165) is 28.1 Å². The summed E-state index contributed by atoms with van der Waals surface area (Å²) < 4.78 is 10.8. The second-order valence-corrected chi connectivity index (χ2v) is 6.67. The number of benzene rings is 1. The number of hydrogen-bond acceptors (Lipinski definition) is 6. The molecule has 0 aliphatic rings. The second kappa shape index (κ2) is 7.77. The molecule has 2 aromatic rings. The molecule has 0 aliphatic heterocycles. The minimum Gasteiger partial charge on any atom is -0.496 e. The van der Waals surface area contributed by atoms with E-state index in [1.807, 2.05) is 13.1 Å². The Balaban J connectivity index is 2.13. The molecule has 0 aliphatic carbocycles. The lowest BCUT2D eigenvalue weighted by Crippen LogP contribution is -2.12. The van der Waals surface area contributed by atoms with Crippen molar-refractivity contribution in [1.29, 1.82) is 0 Å². The zero-order valence-electron chi connectivity index (χ0n) is 12.8. The summed E-state index contributed by atoms with van der Waals surface area (Å²) in [5, 5.41) is 3.26. The summed E-state index contributed by atoms with van der Waals surface area (Å²) in [6.45, 7) is 4.22. The number of aromatic nitrogens is 2. The first-order chi connectivity index (χ1) is 10.2. The molecule has 4 nitrogen and oxygen atoms in total. The zero-order chi connectivity index (χ0) is 15.2. The highest BCUT2D eigenvalue weighted by Crippen LogP contribution is 2.30. The van der Waals surface area contributed by atoms with E-state index in [9.17, 15) is 0 Å². The van der Waals surface area contributed by atoms with E-state index in [2.05, 4.69) is 40.7 Å². The molecule has 0 bridgehead atoms. The Morgan fingerprint density at radius 2 is 2.24 bits per heavy atom. The predicted molar refractivity (Wildman–Crippen MR) is 89.3 cm³/mol. The van der Waals surface area contributed by atoms with Crippen LogP contribution in [0.3, 0.4) is 0 Å². The fraction of sp³-hybridized carbons (Fsp3) is 0.467. The van der Waals surface area contributed by atoms with Gasteiger partial charge in [-0.1, -0.05) is 24.8 Å². The summed E-state index contributed by atoms with van der Waals surface area (Å²) in [6.07, 6.45) is 0.884. The molecule has 1 heterocycles. The maximum absolute atomic E-state index is 5.46. The number of nitrogens with one attached hydrogen (secondary N) is 1. The summed E-state index contributed by atoms with van der Waals surface area (Å²) >= 11 is 3.18. The van der Waals surface area contributed by atoms with Gasteiger partial charge in [0.1, 0.15) is 11.6 Å². The van der Waals surface area contributed by atoms with Gasteiger partial charge >= 0.3 is 0 Å². The minimum absolute atomic E-state index is 0.327. The van der Waals surface area contributed by atoms with Gasteiger partial charge in [0.05, 0.1) is 7.11 Å². The van der Waals surface area contributed by atoms with Crippen LogP contribution in [0.4, 0.5) is 0 Å². The Hall–Kier alpha value is -1.11. The highest BCUT2D eigenvalue weighted by atomic mass is 32.2. The lowest BCUT2D eigenvalue weighted by Gasteiger charge is -2.14. The van der Waals surface area contributed by atoms with Crippen molar-refractivity contribution in [2.24, 2.45) is 0 Å². The second-order valence-electron chi connectivity index (χ2n) is 4.70. The van der Waals surface area contributed by atoms with E-state index in [0.29, 0.717) is 6.04 Å². The first-order valence-corrected chi connectivity index (χ1v) is 8.73. The average molecular weight is 323 g/mol. The Bertz CT molecular complexity index is 586. The Morgan fingerprint density at radius 3 is 2.86 bits per heavy atom. The largest absolute Gasteiger partial charge is 0.496 e. The normalized spacial score (nSPS) is 12.4. The number of hydrogen-bond donors (Lipinski definition) is 1. The van der Waals surface area contributed by atoms with Gasteiger partial charge in [-0.05, 0) is 43.2 Å². The fourth-order valence-corrected chi connectivity index (χ4v) is 3.60. The van der Waals surface area contributed by atoms with Crippen LogP contribution in [-0.4, -0.2) is 23.5 Å². The quantitative estimate of drug-likeness (QED) is 0.788. The SMILES string of the molecule is CCc1nsc(SCc2cc(C(C)NC)ccc2OC)n1. The summed E-state index contributed by atoms with van der Waals surface area (Å²) in [5.41, 5.74) is 2.45. The molecular formula is C15H21N3OS2. The molecule has 1 atom stereocenters. The topological polar surface area (TPSA) is 47.0 Å². The van der Waals surface area contributed by atoms with Crippen LogP contribution in [0.1, 0.15) is 36.8 Å². The van der Waals surface area contributed by atoms with Crippen molar-refractivity contribution in [3.05, 3.63) is 35.2 Å². The zero-order valence-corrected chi connectivity index (χ0v) is 14.5. The molecule has 6 heteroatoms. The summed E-state index contributed by atoms with van der Waals surface area (Å²) in [5.74, 6) is 2.69. The molecule has 0 radical (unpaired) electrons. The van der Waals surface area contributed by atoms with Gasteiger partial charge in [-0.15, -0.1) is 0 Å². The third kappa shape index (κ3) is 4.18. The molecule has 0 saturated carbocycles. The van der Waals surface area contributed by atoms with Crippen LogP contribution in [0.15, 0.2) is 22.5 Å². The number of methoxy groups -OCH3 is 1. The van der Waals surface area contributed by atoms with Gasteiger partial charge in [0.15, 0.2) is 4.34 Å². The van der Waals surface area contributed by atoms with Crippen molar-refractivity contribution >= 4 is 23.3 Å². The maximum atomic E-state index is 5.46. The van der Waals surface area contributed by atoms with Crippen LogP contribution in [0.5, 0.6) is 5.75 Å². The number of thioether (sulfide) groups is 1. The standard InChI is InChI=1S/C15H21N3OS2/c1-5-14-17-15(21-18-14)20-9-12-8-11(10(2)16-3)6-7-13(12)19-4/h6-8,10,16H,5,9H2,1-4H3. The van der Waals surface area contributed by atoms with Gasteiger partial charge in [0.25, 0.3) is 0 Å². The van der Waals surface area contributed by atoms with Crippen LogP contribution in [0.2, 0.25) is 0 Å². The van der Waals surface area contributed by atoms with Crippen molar-refractivity contribution in [2.75, 3.05) is 14.2 Å².